The third-order valence-corrected chi connectivity index (χ3v) is 3.44. The van der Waals surface area contributed by atoms with Crippen LogP contribution in [0.15, 0.2) is 42.5 Å². The van der Waals surface area contributed by atoms with E-state index in [0.717, 1.165) is 25.3 Å². The number of hydrogen-bond acceptors (Lipinski definition) is 2. The van der Waals surface area contributed by atoms with Crippen molar-refractivity contribution in [3.05, 3.63) is 53.6 Å². The van der Waals surface area contributed by atoms with Gasteiger partial charge in [0.05, 0.1) is 7.11 Å². The molecule has 2 rings (SSSR count). The van der Waals surface area contributed by atoms with E-state index in [2.05, 4.69) is 49.5 Å². The maximum absolute atomic E-state index is 5.31. The standard InChI is InChI=1S/C18H23NO/c1-4-10-19-13-15-9-8-14(2)18(11-15)16-6-5-7-17(12-16)20-3/h5-9,11-12,19H,4,10,13H2,1-3H3. The molecule has 0 aliphatic carbocycles. The van der Waals surface area contributed by atoms with Gasteiger partial charge in [-0.25, -0.2) is 0 Å². The zero-order valence-electron chi connectivity index (χ0n) is 12.6. The SMILES string of the molecule is CCCNCc1ccc(C)c(-c2cccc(OC)c2)c1. The molecule has 0 radical (unpaired) electrons. The maximum atomic E-state index is 5.31. The molecule has 0 unspecified atom stereocenters. The summed E-state index contributed by atoms with van der Waals surface area (Å²) in [5.74, 6) is 0.899. The number of hydrogen-bond donors (Lipinski definition) is 1. The Balaban J connectivity index is 2.27. The van der Waals surface area contributed by atoms with Crippen molar-refractivity contribution in [3.63, 3.8) is 0 Å². The van der Waals surface area contributed by atoms with Gasteiger partial charge >= 0.3 is 0 Å². The quantitative estimate of drug-likeness (QED) is 0.795. The molecule has 20 heavy (non-hydrogen) atoms. The fourth-order valence-electron chi connectivity index (χ4n) is 2.29. The van der Waals surface area contributed by atoms with Gasteiger partial charge in [-0.3, -0.25) is 0 Å². The third-order valence-electron chi connectivity index (χ3n) is 3.44. The highest BCUT2D eigenvalue weighted by atomic mass is 16.5. The van der Waals surface area contributed by atoms with Crippen molar-refractivity contribution in [2.24, 2.45) is 0 Å². The van der Waals surface area contributed by atoms with E-state index in [4.69, 9.17) is 4.74 Å². The summed E-state index contributed by atoms with van der Waals surface area (Å²) in [6.45, 7) is 6.31. The minimum atomic E-state index is 0.899. The van der Waals surface area contributed by atoms with Crippen LogP contribution in [0.5, 0.6) is 5.75 Å². The highest BCUT2D eigenvalue weighted by molar-refractivity contribution is 5.69. The molecule has 2 aromatic rings. The summed E-state index contributed by atoms with van der Waals surface area (Å²) in [5, 5.41) is 3.45. The van der Waals surface area contributed by atoms with Crippen LogP contribution in [-0.4, -0.2) is 13.7 Å². The Morgan fingerprint density at radius 2 is 1.95 bits per heavy atom. The van der Waals surface area contributed by atoms with Gasteiger partial charge in [0.25, 0.3) is 0 Å². The number of methoxy groups -OCH3 is 1. The third kappa shape index (κ3) is 3.61. The molecule has 0 aliphatic rings. The van der Waals surface area contributed by atoms with Gasteiger partial charge < -0.3 is 10.1 Å². The second-order valence-corrected chi connectivity index (χ2v) is 5.06. The lowest BCUT2D eigenvalue weighted by Crippen LogP contribution is -2.13. The zero-order chi connectivity index (χ0) is 14.4. The average molecular weight is 269 g/mol. The second-order valence-electron chi connectivity index (χ2n) is 5.06. The Morgan fingerprint density at radius 1 is 1.10 bits per heavy atom. The summed E-state index contributed by atoms with van der Waals surface area (Å²) in [4.78, 5) is 0. The molecule has 0 saturated heterocycles. The normalized spacial score (nSPS) is 10.6. The maximum Gasteiger partial charge on any atom is 0.119 e. The molecule has 1 N–H and O–H groups in total. The molecule has 0 aromatic heterocycles. The molecule has 0 aliphatic heterocycles. The van der Waals surface area contributed by atoms with Gasteiger partial charge in [0.1, 0.15) is 5.75 Å². The van der Waals surface area contributed by atoms with Crippen LogP contribution >= 0.6 is 0 Å². The first kappa shape index (κ1) is 14.6. The van der Waals surface area contributed by atoms with Crippen LogP contribution in [0.25, 0.3) is 11.1 Å². The Hall–Kier alpha value is -1.80. The summed E-state index contributed by atoms with van der Waals surface area (Å²) in [6, 6.07) is 14.9. The van der Waals surface area contributed by atoms with Gasteiger partial charge in [-0.2, -0.15) is 0 Å². The highest BCUT2D eigenvalue weighted by Gasteiger charge is 2.05. The molecule has 2 aromatic carbocycles. The van der Waals surface area contributed by atoms with Crippen LogP contribution < -0.4 is 10.1 Å². The molecular weight excluding hydrogens is 246 g/mol. The molecule has 0 amide bonds. The molecule has 0 heterocycles. The lowest BCUT2D eigenvalue weighted by molar-refractivity contribution is 0.415. The predicted molar refractivity (Wildman–Crippen MR) is 85.2 cm³/mol. The first-order valence-electron chi connectivity index (χ1n) is 7.19. The van der Waals surface area contributed by atoms with Crippen LogP contribution in [0.1, 0.15) is 24.5 Å². The smallest absolute Gasteiger partial charge is 0.119 e. The lowest BCUT2D eigenvalue weighted by atomic mass is 9.98. The molecule has 0 fully saturated rings. The van der Waals surface area contributed by atoms with E-state index in [1.165, 1.54) is 22.3 Å². The molecular formula is C18H23NO. The summed E-state index contributed by atoms with van der Waals surface area (Å²) < 4.78 is 5.31. The summed E-state index contributed by atoms with van der Waals surface area (Å²) in [7, 11) is 1.71. The first-order valence-corrected chi connectivity index (χ1v) is 7.19. The second kappa shape index (κ2) is 7.11. The van der Waals surface area contributed by atoms with E-state index in [9.17, 15) is 0 Å². The molecule has 2 nitrogen and oxygen atoms in total. The van der Waals surface area contributed by atoms with Crippen molar-refractivity contribution in [2.75, 3.05) is 13.7 Å². The van der Waals surface area contributed by atoms with Crippen molar-refractivity contribution in [2.45, 2.75) is 26.8 Å². The van der Waals surface area contributed by atoms with Crippen LogP contribution in [0, 0.1) is 6.92 Å². The number of benzene rings is 2. The van der Waals surface area contributed by atoms with Gasteiger partial charge in [0.15, 0.2) is 0 Å². The van der Waals surface area contributed by atoms with Crippen LogP contribution in [0.3, 0.4) is 0 Å². The highest BCUT2D eigenvalue weighted by Crippen LogP contribution is 2.27. The van der Waals surface area contributed by atoms with Crippen molar-refractivity contribution in [1.82, 2.24) is 5.32 Å². The molecule has 0 spiro atoms. The minimum absolute atomic E-state index is 0.899. The molecule has 0 saturated carbocycles. The van der Waals surface area contributed by atoms with Crippen molar-refractivity contribution < 1.29 is 4.74 Å². The molecule has 0 atom stereocenters. The van der Waals surface area contributed by atoms with Gasteiger partial charge in [0.2, 0.25) is 0 Å². The van der Waals surface area contributed by atoms with E-state index in [1.54, 1.807) is 7.11 Å². The van der Waals surface area contributed by atoms with Gasteiger partial charge in [0, 0.05) is 6.54 Å². The number of aryl methyl sites for hydroxylation is 1. The molecule has 0 bridgehead atoms. The first-order chi connectivity index (χ1) is 9.74. The van der Waals surface area contributed by atoms with Crippen molar-refractivity contribution in [3.8, 4) is 16.9 Å². The zero-order valence-corrected chi connectivity index (χ0v) is 12.6. The largest absolute Gasteiger partial charge is 0.497 e. The summed E-state index contributed by atoms with van der Waals surface area (Å²) >= 11 is 0. The monoisotopic (exact) mass is 269 g/mol. The van der Waals surface area contributed by atoms with E-state index in [-0.39, 0.29) is 0 Å². The van der Waals surface area contributed by atoms with Crippen LogP contribution in [0.2, 0.25) is 0 Å². The number of rotatable bonds is 6. The van der Waals surface area contributed by atoms with Gasteiger partial charge in [-0.15, -0.1) is 0 Å². The minimum Gasteiger partial charge on any atom is -0.497 e. The summed E-state index contributed by atoms with van der Waals surface area (Å²) in [5.41, 5.74) is 5.10. The van der Waals surface area contributed by atoms with E-state index in [1.807, 2.05) is 12.1 Å². The lowest BCUT2D eigenvalue weighted by Gasteiger charge is -2.11. The Kier molecular flexibility index (Phi) is 5.19. The Labute approximate surface area is 121 Å². The van der Waals surface area contributed by atoms with E-state index in [0.29, 0.717) is 0 Å². The van der Waals surface area contributed by atoms with Crippen molar-refractivity contribution in [1.29, 1.82) is 0 Å². The average Bonchev–Trinajstić information content (AvgIpc) is 2.49. The van der Waals surface area contributed by atoms with Gasteiger partial charge in [-0.05, 0) is 60.3 Å². The topological polar surface area (TPSA) is 21.3 Å². The van der Waals surface area contributed by atoms with Crippen LogP contribution in [-0.2, 0) is 6.54 Å². The fourth-order valence-corrected chi connectivity index (χ4v) is 2.29. The Morgan fingerprint density at radius 3 is 2.70 bits per heavy atom. The number of ether oxygens (including phenoxy) is 1. The van der Waals surface area contributed by atoms with Gasteiger partial charge in [-0.1, -0.05) is 31.2 Å². The van der Waals surface area contributed by atoms with E-state index >= 15 is 0 Å². The molecule has 2 heteroatoms. The number of nitrogens with one attached hydrogen (secondary N) is 1. The summed E-state index contributed by atoms with van der Waals surface area (Å²) in [6.07, 6.45) is 1.16. The van der Waals surface area contributed by atoms with Crippen molar-refractivity contribution >= 4 is 0 Å². The molecule has 106 valence electrons. The predicted octanol–water partition coefficient (Wildman–Crippen LogP) is 4.17. The Bertz CT molecular complexity index is 563. The van der Waals surface area contributed by atoms with E-state index < -0.39 is 0 Å². The fraction of sp³-hybridized carbons (Fsp3) is 0.333. The van der Waals surface area contributed by atoms with Crippen LogP contribution in [0.4, 0.5) is 0 Å².